The van der Waals surface area contributed by atoms with Crippen LogP contribution in [0.1, 0.15) is 36.8 Å². The van der Waals surface area contributed by atoms with Crippen molar-refractivity contribution in [3.8, 4) is 0 Å². The van der Waals surface area contributed by atoms with Crippen LogP contribution in [-0.4, -0.2) is 19.2 Å². The SMILES string of the molecule is c1cc(COCC2CC2)ccc1CCNC1CC1. The van der Waals surface area contributed by atoms with Gasteiger partial charge in [-0.1, -0.05) is 24.3 Å². The maximum Gasteiger partial charge on any atom is 0.0717 e. The Labute approximate surface area is 110 Å². The molecule has 0 unspecified atom stereocenters. The van der Waals surface area contributed by atoms with Gasteiger partial charge in [-0.3, -0.25) is 0 Å². The van der Waals surface area contributed by atoms with Crippen molar-refractivity contribution in [3.63, 3.8) is 0 Å². The molecule has 3 rings (SSSR count). The number of hydrogen-bond donors (Lipinski definition) is 1. The summed E-state index contributed by atoms with van der Waals surface area (Å²) in [4.78, 5) is 0. The first kappa shape index (κ1) is 12.2. The Hall–Kier alpha value is -0.860. The lowest BCUT2D eigenvalue weighted by atomic mass is 10.1. The fourth-order valence-electron chi connectivity index (χ4n) is 2.14. The highest BCUT2D eigenvalue weighted by Gasteiger charge is 2.21. The van der Waals surface area contributed by atoms with E-state index in [-0.39, 0.29) is 0 Å². The number of nitrogens with one attached hydrogen (secondary N) is 1. The van der Waals surface area contributed by atoms with E-state index in [2.05, 4.69) is 29.6 Å². The summed E-state index contributed by atoms with van der Waals surface area (Å²) in [6.45, 7) is 2.84. The second-order valence-electron chi connectivity index (χ2n) is 5.75. The van der Waals surface area contributed by atoms with Crippen LogP contribution in [0.5, 0.6) is 0 Å². The number of benzene rings is 1. The van der Waals surface area contributed by atoms with E-state index in [1.54, 1.807) is 0 Å². The van der Waals surface area contributed by atoms with E-state index in [9.17, 15) is 0 Å². The Kier molecular flexibility index (Phi) is 3.96. The largest absolute Gasteiger partial charge is 0.376 e. The van der Waals surface area contributed by atoms with Crippen molar-refractivity contribution in [1.82, 2.24) is 5.32 Å². The standard InChI is InChI=1S/C16H23NO/c1-3-14(11-18-12-15-5-6-15)4-2-13(1)9-10-17-16-7-8-16/h1-4,15-17H,5-12H2. The van der Waals surface area contributed by atoms with Crippen molar-refractivity contribution in [3.05, 3.63) is 35.4 Å². The van der Waals surface area contributed by atoms with Crippen LogP contribution in [0.25, 0.3) is 0 Å². The molecular weight excluding hydrogens is 222 g/mol. The molecule has 2 fully saturated rings. The van der Waals surface area contributed by atoms with Crippen LogP contribution in [-0.2, 0) is 17.8 Å². The van der Waals surface area contributed by atoms with E-state index in [0.29, 0.717) is 0 Å². The first-order valence-corrected chi connectivity index (χ1v) is 7.29. The lowest BCUT2D eigenvalue weighted by Gasteiger charge is -2.06. The van der Waals surface area contributed by atoms with Crippen LogP contribution >= 0.6 is 0 Å². The van der Waals surface area contributed by atoms with Crippen LogP contribution in [0, 0.1) is 5.92 Å². The molecule has 0 spiro atoms. The van der Waals surface area contributed by atoms with E-state index in [0.717, 1.165) is 38.1 Å². The maximum atomic E-state index is 5.69. The molecule has 0 saturated heterocycles. The van der Waals surface area contributed by atoms with E-state index >= 15 is 0 Å². The molecule has 1 N–H and O–H groups in total. The maximum absolute atomic E-state index is 5.69. The third-order valence-corrected chi connectivity index (χ3v) is 3.77. The normalized spacial score (nSPS) is 19.1. The fourth-order valence-corrected chi connectivity index (χ4v) is 2.14. The minimum atomic E-state index is 0.775. The zero-order valence-electron chi connectivity index (χ0n) is 11.0. The summed E-state index contributed by atoms with van der Waals surface area (Å²) in [5.74, 6) is 0.859. The van der Waals surface area contributed by atoms with Crippen LogP contribution in [0.4, 0.5) is 0 Å². The first-order chi connectivity index (χ1) is 8.90. The van der Waals surface area contributed by atoms with E-state index < -0.39 is 0 Å². The van der Waals surface area contributed by atoms with Crippen LogP contribution in [0.2, 0.25) is 0 Å². The summed E-state index contributed by atoms with van der Waals surface area (Å²) >= 11 is 0. The molecule has 0 atom stereocenters. The van der Waals surface area contributed by atoms with Gasteiger partial charge in [0, 0.05) is 12.6 Å². The molecule has 0 aliphatic heterocycles. The molecule has 0 radical (unpaired) electrons. The number of hydrogen-bond acceptors (Lipinski definition) is 2. The van der Waals surface area contributed by atoms with Gasteiger partial charge in [-0.2, -0.15) is 0 Å². The van der Waals surface area contributed by atoms with E-state index in [1.165, 1.54) is 36.8 Å². The minimum absolute atomic E-state index is 0.775. The van der Waals surface area contributed by atoms with Gasteiger partial charge in [0.05, 0.1) is 6.61 Å². The van der Waals surface area contributed by atoms with Crippen molar-refractivity contribution < 1.29 is 4.74 Å². The monoisotopic (exact) mass is 245 g/mol. The average molecular weight is 245 g/mol. The minimum Gasteiger partial charge on any atom is -0.376 e. The van der Waals surface area contributed by atoms with Crippen molar-refractivity contribution in [2.45, 2.75) is 44.8 Å². The van der Waals surface area contributed by atoms with Gasteiger partial charge in [0.25, 0.3) is 0 Å². The second-order valence-corrected chi connectivity index (χ2v) is 5.75. The lowest BCUT2D eigenvalue weighted by Crippen LogP contribution is -2.19. The van der Waals surface area contributed by atoms with Gasteiger partial charge in [0.2, 0.25) is 0 Å². The summed E-state index contributed by atoms with van der Waals surface area (Å²) < 4.78 is 5.69. The first-order valence-electron chi connectivity index (χ1n) is 7.29. The average Bonchev–Trinajstić information content (AvgIpc) is 3.25. The van der Waals surface area contributed by atoms with Gasteiger partial charge in [-0.05, 0) is 55.7 Å². The molecule has 0 aromatic heterocycles. The fraction of sp³-hybridized carbons (Fsp3) is 0.625. The Bertz CT molecular complexity index is 328. The molecule has 0 bridgehead atoms. The summed E-state index contributed by atoms with van der Waals surface area (Å²) in [5, 5.41) is 3.55. The van der Waals surface area contributed by atoms with Gasteiger partial charge in [0.15, 0.2) is 0 Å². The van der Waals surface area contributed by atoms with Gasteiger partial charge >= 0.3 is 0 Å². The smallest absolute Gasteiger partial charge is 0.0717 e. The Morgan fingerprint density at radius 1 is 1.00 bits per heavy atom. The Morgan fingerprint density at radius 3 is 2.39 bits per heavy atom. The molecule has 1 aromatic rings. The van der Waals surface area contributed by atoms with Crippen molar-refractivity contribution in [2.75, 3.05) is 13.2 Å². The molecule has 2 saturated carbocycles. The zero-order valence-corrected chi connectivity index (χ0v) is 11.0. The highest BCUT2D eigenvalue weighted by atomic mass is 16.5. The number of rotatable bonds is 8. The van der Waals surface area contributed by atoms with Crippen LogP contribution in [0.15, 0.2) is 24.3 Å². The van der Waals surface area contributed by atoms with Gasteiger partial charge < -0.3 is 10.1 Å². The predicted molar refractivity (Wildman–Crippen MR) is 73.6 cm³/mol. The van der Waals surface area contributed by atoms with Crippen LogP contribution < -0.4 is 5.32 Å². The van der Waals surface area contributed by atoms with Crippen molar-refractivity contribution in [1.29, 1.82) is 0 Å². The molecule has 0 heterocycles. The number of ether oxygens (including phenoxy) is 1. The third kappa shape index (κ3) is 4.11. The highest BCUT2D eigenvalue weighted by molar-refractivity contribution is 5.22. The molecule has 0 amide bonds. The molecule has 98 valence electrons. The van der Waals surface area contributed by atoms with E-state index in [4.69, 9.17) is 4.74 Å². The van der Waals surface area contributed by atoms with Crippen molar-refractivity contribution >= 4 is 0 Å². The predicted octanol–water partition coefficient (Wildman–Crippen LogP) is 2.91. The lowest BCUT2D eigenvalue weighted by molar-refractivity contribution is 0.111. The van der Waals surface area contributed by atoms with Crippen LogP contribution in [0.3, 0.4) is 0 Å². The highest BCUT2D eigenvalue weighted by Crippen LogP contribution is 2.29. The second kappa shape index (κ2) is 5.85. The summed E-state index contributed by atoms with van der Waals surface area (Å²) in [7, 11) is 0. The zero-order chi connectivity index (χ0) is 12.2. The molecule has 2 aliphatic carbocycles. The molecule has 2 heteroatoms. The molecule has 1 aromatic carbocycles. The Balaban J connectivity index is 1.36. The topological polar surface area (TPSA) is 21.3 Å². The molecular formula is C16H23NO. The van der Waals surface area contributed by atoms with Gasteiger partial charge in [-0.25, -0.2) is 0 Å². The van der Waals surface area contributed by atoms with E-state index in [1.807, 2.05) is 0 Å². The molecule has 18 heavy (non-hydrogen) atoms. The Morgan fingerprint density at radius 2 is 1.72 bits per heavy atom. The third-order valence-electron chi connectivity index (χ3n) is 3.77. The molecule has 2 nitrogen and oxygen atoms in total. The molecule has 2 aliphatic rings. The quantitative estimate of drug-likeness (QED) is 0.760. The van der Waals surface area contributed by atoms with Gasteiger partial charge in [-0.15, -0.1) is 0 Å². The summed E-state index contributed by atoms with van der Waals surface area (Å²) in [5.41, 5.74) is 2.73. The van der Waals surface area contributed by atoms with Gasteiger partial charge in [0.1, 0.15) is 0 Å². The summed E-state index contributed by atoms with van der Waals surface area (Å²) in [6.07, 6.45) is 6.62. The summed E-state index contributed by atoms with van der Waals surface area (Å²) in [6, 6.07) is 9.72. The van der Waals surface area contributed by atoms with Crippen molar-refractivity contribution in [2.24, 2.45) is 5.92 Å².